The van der Waals surface area contributed by atoms with Gasteiger partial charge in [0.15, 0.2) is 5.69 Å². The maximum Gasteiger partial charge on any atom is 0.277 e. The van der Waals surface area contributed by atoms with Crippen LogP contribution in [0.2, 0.25) is 0 Å². The number of aromatic nitrogens is 2. The lowest BCUT2D eigenvalue weighted by Gasteiger charge is -2.13. The number of aryl methyl sites for hydroxylation is 3. The van der Waals surface area contributed by atoms with E-state index in [0.29, 0.717) is 10.2 Å². The maximum atomic E-state index is 12.5. The van der Waals surface area contributed by atoms with Crippen LogP contribution in [0.15, 0.2) is 41.0 Å². The van der Waals surface area contributed by atoms with Gasteiger partial charge < -0.3 is 10.1 Å². The molecule has 0 saturated heterocycles. The molecule has 3 aromatic rings. The van der Waals surface area contributed by atoms with Crippen LogP contribution >= 0.6 is 15.9 Å². The molecule has 0 radical (unpaired) electrons. The van der Waals surface area contributed by atoms with Gasteiger partial charge in [-0.3, -0.25) is 19.6 Å². The van der Waals surface area contributed by atoms with Crippen LogP contribution in [0.3, 0.4) is 0 Å². The second kappa shape index (κ2) is 8.04. The highest BCUT2D eigenvalue weighted by Gasteiger charge is 2.18. The van der Waals surface area contributed by atoms with Gasteiger partial charge in [0.25, 0.3) is 11.6 Å². The first-order chi connectivity index (χ1) is 13.6. The van der Waals surface area contributed by atoms with Crippen LogP contribution in [0.5, 0.6) is 11.5 Å². The second-order valence-corrected chi connectivity index (χ2v) is 7.59. The Labute approximate surface area is 175 Å². The monoisotopic (exact) mass is 458 g/mol. The summed E-state index contributed by atoms with van der Waals surface area (Å²) in [5.41, 5.74) is 3.22. The van der Waals surface area contributed by atoms with Gasteiger partial charge in [-0.2, -0.15) is 5.10 Å². The number of nitro groups is 1. The molecule has 3 rings (SSSR count). The summed E-state index contributed by atoms with van der Waals surface area (Å²) in [6.45, 7) is 5.84. The summed E-state index contributed by atoms with van der Waals surface area (Å²) >= 11 is 3.27. The van der Waals surface area contributed by atoms with Crippen molar-refractivity contribution in [2.45, 2.75) is 20.8 Å². The molecule has 0 fully saturated rings. The smallest absolute Gasteiger partial charge is 0.277 e. The fraction of sp³-hybridized carbons (Fsp3) is 0.200. The van der Waals surface area contributed by atoms with E-state index in [1.54, 1.807) is 19.3 Å². The zero-order valence-electron chi connectivity index (χ0n) is 16.3. The summed E-state index contributed by atoms with van der Waals surface area (Å²) in [7, 11) is 1.69. The molecule has 29 heavy (non-hydrogen) atoms. The predicted octanol–water partition coefficient (Wildman–Crippen LogP) is 5.06. The molecule has 0 atom stereocenters. The number of carbonyl (C=O) groups is 1. The number of rotatable bonds is 5. The molecule has 0 aliphatic heterocycles. The van der Waals surface area contributed by atoms with Crippen molar-refractivity contribution in [3.63, 3.8) is 0 Å². The highest BCUT2D eigenvalue weighted by Crippen LogP contribution is 2.33. The van der Waals surface area contributed by atoms with E-state index in [9.17, 15) is 14.9 Å². The Bertz CT molecular complexity index is 1120. The fourth-order valence-electron chi connectivity index (χ4n) is 2.86. The molecule has 0 aliphatic carbocycles. The average molecular weight is 459 g/mol. The minimum atomic E-state index is -0.534. The van der Waals surface area contributed by atoms with Gasteiger partial charge in [0.1, 0.15) is 11.5 Å². The van der Waals surface area contributed by atoms with Gasteiger partial charge in [0, 0.05) is 25.4 Å². The number of halogens is 1. The Balaban J connectivity index is 1.95. The molecule has 0 aliphatic rings. The molecule has 1 amide bonds. The van der Waals surface area contributed by atoms with Gasteiger partial charge in [-0.1, -0.05) is 6.07 Å². The molecule has 0 spiro atoms. The van der Waals surface area contributed by atoms with Crippen molar-refractivity contribution in [3.8, 4) is 11.5 Å². The maximum absolute atomic E-state index is 12.5. The zero-order valence-corrected chi connectivity index (χ0v) is 17.9. The molecule has 0 unspecified atom stereocenters. The number of non-ortho nitro benzene ring substituents is 1. The SMILES string of the molecule is Cc1cc(C)c(C)c(Oc2cc(NC(=O)c3nn(C)cc3Br)cc([N+](=O)[O-])c2)c1. The van der Waals surface area contributed by atoms with Gasteiger partial charge in [-0.05, 0) is 59.5 Å². The number of nitrogens with zero attached hydrogens (tertiary/aromatic N) is 3. The Morgan fingerprint density at radius 2 is 1.93 bits per heavy atom. The third-order valence-corrected chi connectivity index (χ3v) is 4.93. The van der Waals surface area contributed by atoms with Gasteiger partial charge >= 0.3 is 0 Å². The first-order valence-corrected chi connectivity index (χ1v) is 9.49. The van der Waals surface area contributed by atoms with Crippen LogP contribution < -0.4 is 10.1 Å². The minimum Gasteiger partial charge on any atom is -0.457 e. The zero-order chi connectivity index (χ0) is 21.3. The number of amides is 1. The Morgan fingerprint density at radius 3 is 2.55 bits per heavy atom. The summed E-state index contributed by atoms with van der Waals surface area (Å²) in [6, 6.07) is 8.04. The number of nitro benzene ring substituents is 1. The van der Waals surface area contributed by atoms with E-state index in [1.165, 1.54) is 16.8 Å². The van der Waals surface area contributed by atoms with E-state index >= 15 is 0 Å². The molecule has 150 valence electrons. The van der Waals surface area contributed by atoms with E-state index in [1.807, 2.05) is 32.9 Å². The van der Waals surface area contributed by atoms with Crippen molar-refractivity contribution < 1.29 is 14.5 Å². The fourth-order valence-corrected chi connectivity index (χ4v) is 3.41. The Morgan fingerprint density at radius 1 is 1.21 bits per heavy atom. The molecular formula is C20H19BrN4O4. The molecule has 1 aromatic heterocycles. The number of hydrogen-bond donors (Lipinski definition) is 1. The quantitative estimate of drug-likeness (QED) is 0.425. The van der Waals surface area contributed by atoms with Crippen molar-refractivity contribution in [1.29, 1.82) is 0 Å². The highest BCUT2D eigenvalue weighted by atomic mass is 79.9. The van der Waals surface area contributed by atoms with E-state index in [2.05, 4.69) is 26.3 Å². The molecule has 2 aromatic carbocycles. The second-order valence-electron chi connectivity index (χ2n) is 6.73. The van der Waals surface area contributed by atoms with Gasteiger partial charge in [-0.25, -0.2) is 0 Å². The van der Waals surface area contributed by atoms with Crippen molar-refractivity contribution >= 4 is 33.2 Å². The standard InChI is InChI=1S/C20H19BrN4O4/c1-11-5-12(2)13(3)18(6-11)29-16-8-14(7-15(9-16)25(27)28)22-20(26)19-17(21)10-24(4)23-19/h5-10H,1-4H3,(H,22,26). The van der Waals surface area contributed by atoms with Crippen LogP contribution in [0.25, 0.3) is 0 Å². The Kier molecular flexibility index (Phi) is 5.69. The normalized spacial score (nSPS) is 10.7. The molecule has 8 nitrogen and oxygen atoms in total. The Hall–Kier alpha value is -3.20. The van der Waals surface area contributed by atoms with Crippen LogP contribution in [0, 0.1) is 30.9 Å². The lowest BCUT2D eigenvalue weighted by molar-refractivity contribution is -0.384. The van der Waals surface area contributed by atoms with Crippen LogP contribution in [-0.2, 0) is 7.05 Å². The lowest BCUT2D eigenvalue weighted by Crippen LogP contribution is -2.14. The first-order valence-electron chi connectivity index (χ1n) is 8.69. The molecular weight excluding hydrogens is 440 g/mol. The van der Waals surface area contributed by atoms with Crippen LogP contribution in [-0.4, -0.2) is 20.6 Å². The van der Waals surface area contributed by atoms with Gasteiger partial charge in [0.2, 0.25) is 0 Å². The summed E-state index contributed by atoms with van der Waals surface area (Å²) < 4.78 is 7.94. The molecule has 9 heteroatoms. The van der Waals surface area contributed by atoms with Crippen molar-refractivity contribution in [1.82, 2.24) is 9.78 Å². The highest BCUT2D eigenvalue weighted by molar-refractivity contribution is 9.10. The summed E-state index contributed by atoms with van der Waals surface area (Å²) in [6.07, 6.45) is 1.64. The van der Waals surface area contributed by atoms with Crippen LogP contribution in [0.1, 0.15) is 27.2 Å². The lowest BCUT2D eigenvalue weighted by atomic mass is 10.1. The largest absolute Gasteiger partial charge is 0.457 e. The van der Waals surface area contributed by atoms with E-state index in [4.69, 9.17) is 4.74 Å². The number of benzene rings is 2. The van der Waals surface area contributed by atoms with Crippen molar-refractivity contribution in [2.75, 3.05) is 5.32 Å². The number of carbonyl (C=O) groups excluding carboxylic acids is 1. The molecule has 0 saturated carbocycles. The number of nitrogens with one attached hydrogen (secondary N) is 1. The first kappa shape index (κ1) is 20.5. The molecule has 1 heterocycles. The topological polar surface area (TPSA) is 99.3 Å². The third-order valence-electron chi connectivity index (χ3n) is 4.35. The number of anilines is 1. The minimum absolute atomic E-state index is 0.173. The number of ether oxygens (including phenoxy) is 1. The van der Waals surface area contributed by atoms with Gasteiger partial charge in [-0.15, -0.1) is 0 Å². The molecule has 0 bridgehead atoms. The van der Waals surface area contributed by atoms with Gasteiger partial charge in [0.05, 0.1) is 21.1 Å². The summed E-state index contributed by atoms with van der Waals surface area (Å²) in [5, 5.41) is 18.1. The van der Waals surface area contributed by atoms with Crippen molar-refractivity contribution in [3.05, 3.63) is 73.5 Å². The van der Waals surface area contributed by atoms with E-state index in [0.717, 1.165) is 16.7 Å². The summed E-state index contributed by atoms with van der Waals surface area (Å²) in [5.74, 6) is 0.363. The van der Waals surface area contributed by atoms with E-state index in [-0.39, 0.29) is 22.8 Å². The average Bonchev–Trinajstić information content (AvgIpc) is 2.97. The third kappa shape index (κ3) is 4.62. The van der Waals surface area contributed by atoms with Crippen molar-refractivity contribution in [2.24, 2.45) is 7.05 Å². The number of hydrogen-bond acceptors (Lipinski definition) is 5. The van der Waals surface area contributed by atoms with Crippen LogP contribution in [0.4, 0.5) is 11.4 Å². The van der Waals surface area contributed by atoms with E-state index < -0.39 is 10.8 Å². The summed E-state index contributed by atoms with van der Waals surface area (Å²) in [4.78, 5) is 23.3. The predicted molar refractivity (Wildman–Crippen MR) is 113 cm³/mol. The molecule has 1 N–H and O–H groups in total.